The van der Waals surface area contributed by atoms with E-state index in [1.165, 1.54) is 13.2 Å². The van der Waals surface area contributed by atoms with E-state index in [0.29, 0.717) is 15.6 Å². The fourth-order valence-electron chi connectivity index (χ4n) is 1.47. The molecule has 0 fully saturated rings. The summed E-state index contributed by atoms with van der Waals surface area (Å²) in [5, 5.41) is 22.8. The Morgan fingerprint density at radius 3 is 2.67 bits per heavy atom. The predicted octanol–water partition coefficient (Wildman–Crippen LogP) is 2.52. The van der Waals surface area contributed by atoms with Gasteiger partial charge in [0, 0.05) is 29.4 Å². The Balaban J connectivity index is 3.06. The topological polar surface area (TPSA) is 68.9 Å². The quantitative estimate of drug-likeness (QED) is 0.366. The van der Waals surface area contributed by atoms with Crippen molar-refractivity contribution in [2.24, 2.45) is 5.10 Å². The molecule has 2 N–H and O–H groups in total. The molecule has 0 heterocycles. The number of benzene rings is 1. The van der Waals surface area contributed by atoms with Crippen molar-refractivity contribution in [2.45, 2.75) is 12.3 Å². The van der Waals surface area contributed by atoms with Crippen LogP contribution in [0.4, 0.5) is 0 Å². The maximum atomic E-state index is 10.2. The van der Waals surface area contributed by atoms with Gasteiger partial charge < -0.3 is 9.84 Å². The summed E-state index contributed by atoms with van der Waals surface area (Å²) < 4.78 is 5.09. The van der Waals surface area contributed by atoms with Crippen LogP contribution in [0, 0.1) is 5.41 Å². The van der Waals surface area contributed by atoms with E-state index < -0.39 is 12.3 Å². The van der Waals surface area contributed by atoms with Crippen molar-refractivity contribution in [1.82, 2.24) is 5.01 Å². The lowest BCUT2D eigenvalue weighted by molar-refractivity contribution is -0.0787. The molecular formula is C11H13Cl2N3O2. The number of methoxy groups -OCH3 is 1. The van der Waals surface area contributed by atoms with Gasteiger partial charge in [0.25, 0.3) is 0 Å². The highest BCUT2D eigenvalue weighted by Gasteiger charge is 2.27. The molecule has 2 atom stereocenters. The second kappa shape index (κ2) is 6.70. The van der Waals surface area contributed by atoms with E-state index in [2.05, 4.69) is 11.8 Å². The van der Waals surface area contributed by atoms with Crippen LogP contribution in [-0.2, 0) is 4.74 Å². The molecular weight excluding hydrogens is 277 g/mol. The van der Waals surface area contributed by atoms with E-state index >= 15 is 0 Å². The molecule has 5 nitrogen and oxygen atoms in total. The highest BCUT2D eigenvalue weighted by atomic mass is 35.5. The molecule has 0 saturated carbocycles. The molecule has 1 aromatic carbocycles. The molecule has 1 rings (SSSR count). The summed E-state index contributed by atoms with van der Waals surface area (Å²) in [4.78, 5) is 0. The largest absolute Gasteiger partial charge is 0.384 e. The number of hydrogen-bond donors (Lipinski definition) is 2. The minimum absolute atomic E-state index is 0.311. The third-order valence-corrected chi connectivity index (χ3v) is 2.91. The number of halogens is 2. The molecule has 18 heavy (non-hydrogen) atoms. The van der Waals surface area contributed by atoms with Gasteiger partial charge in [0.05, 0.1) is 0 Å². The first-order valence-electron chi connectivity index (χ1n) is 4.96. The molecule has 7 heteroatoms. The maximum Gasteiger partial charge on any atom is 0.181 e. The lowest BCUT2D eigenvalue weighted by Crippen LogP contribution is -2.36. The van der Waals surface area contributed by atoms with E-state index in [4.69, 9.17) is 33.3 Å². The standard InChI is InChI=1S/C11H13Cl2N3O2/c1-15-16(6-14)11(18-2)10(17)8-4-3-7(12)5-9(8)13/h3-6,10-11,14,17H,1H2,2H3. The molecule has 0 aliphatic heterocycles. The lowest BCUT2D eigenvalue weighted by atomic mass is 10.1. The van der Waals surface area contributed by atoms with Crippen molar-refractivity contribution in [1.29, 1.82) is 5.41 Å². The van der Waals surface area contributed by atoms with E-state index in [0.717, 1.165) is 11.3 Å². The van der Waals surface area contributed by atoms with Crippen molar-refractivity contribution in [3.05, 3.63) is 33.8 Å². The number of nitrogens with one attached hydrogen (secondary N) is 1. The number of hydrogen-bond acceptors (Lipinski definition) is 4. The lowest BCUT2D eigenvalue weighted by Gasteiger charge is -2.28. The summed E-state index contributed by atoms with van der Waals surface area (Å²) in [5.41, 5.74) is 0.434. The molecule has 0 bridgehead atoms. The van der Waals surface area contributed by atoms with Crippen LogP contribution < -0.4 is 0 Å². The second-order valence-corrected chi connectivity index (χ2v) is 4.23. The van der Waals surface area contributed by atoms with E-state index in [-0.39, 0.29) is 0 Å². The highest BCUT2D eigenvalue weighted by Crippen LogP contribution is 2.29. The molecule has 0 saturated heterocycles. The van der Waals surface area contributed by atoms with Gasteiger partial charge in [-0.25, -0.2) is 5.01 Å². The number of nitrogens with zero attached hydrogens (tertiary/aromatic N) is 2. The first kappa shape index (κ1) is 14.9. The molecule has 0 aromatic heterocycles. The molecule has 0 radical (unpaired) electrons. The summed E-state index contributed by atoms with van der Waals surface area (Å²) in [5.74, 6) is 0. The van der Waals surface area contributed by atoms with Gasteiger partial charge in [-0.3, -0.25) is 5.41 Å². The average Bonchev–Trinajstić information content (AvgIpc) is 2.35. The van der Waals surface area contributed by atoms with Gasteiger partial charge in [0.15, 0.2) is 6.23 Å². The van der Waals surface area contributed by atoms with Gasteiger partial charge in [0.1, 0.15) is 12.4 Å². The first-order valence-corrected chi connectivity index (χ1v) is 5.72. The Morgan fingerprint density at radius 2 is 2.22 bits per heavy atom. The smallest absolute Gasteiger partial charge is 0.181 e. The van der Waals surface area contributed by atoms with E-state index in [9.17, 15) is 5.11 Å². The molecule has 0 aliphatic rings. The van der Waals surface area contributed by atoms with Gasteiger partial charge in [-0.1, -0.05) is 29.3 Å². The van der Waals surface area contributed by atoms with Crippen LogP contribution in [0.25, 0.3) is 0 Å². The van der Waals surface area contributed by atoms with Crippen molar-refractivity contribution in [3.8, 4) is 0 Å². The second-order valence-electron chi connectivity index (χ2n) is 3.39. The van der Waals surface area contributed by atoms with Gasteiger partial charge in [-0.05, 0) is 12.1 Å². The molecule has 0 spiro atoms. The number of aliphatic hydroxyl groups excluding tert-OH is 1. The average molecular weight is 290 g/mol. The molecule has 0 aliphatic carbocycles. The number of ether oxygens (including phenoxy) is 1. The van der Waals surface area contributed by atoms with Crippen LogP contribution in [0.2, 0.25) is 10.0 Å². The third kappa shape index (κ3) is 3.20. The monoisotopic (exact) mass is 289 g/mol. The summed E-state index contributed by atoms with van der Waals surface area (Å²) in [6.45, 7) is 3.29. The predicted molar refractivity (Wildman–Crippen MR) is 72.4 cm³/mol. The zero-order valence-electron chi connectivity index (χ0n) is 9.68. The molecule has 98 valence electrons. The van der Waals surface area contributed by atoms with Gasteiger partial charge in [0.2, 0.25) is 0 Å². The fourth-order valence-corrected chi connectivity index (χ4v) is 1.99. The fraction of sp³-hybridized carbons (Fsp3) is 0.273. The van der Waals surface area contributed by atoms with Crippen LogP contribution in [-0.4, -0.2) is 36.5 Å². The summed E-state index contributed by atoms with van der Waals surface area (Å²) in [6, 6.07) is 4.71. The van der Waals surface area contributed by atoms with Gasteiger partial charge >= 0.3 is 0 Å². The SMILES string of the molecule is C=NN(C=N)C(OC)C(O)c1ccc(Cl)cc1Cl. The van der Waals surface area contributed by atoms with Gasteiger partial charge in [-0.15, -0.1) is 0 Å². The first-order chi connectivity index (χ1) is 8.54. The summed E-state index contributed by atoms with van der Waals surface area (Å²) >= 11 is 11.8. The van der Waals surface area contributed by atoms with Crippen LogP contribution in [0.5, 0.6) is 0 Å². The van der Waals surface area contributed by atoms with Crippen molar-refractivity contribution in [2.75, 3.05) is 7.11 Å². The van der Waals surface area contributed by atoms with Crippen molar-refractivity contribution in [3.63, 3.8) is 0 Å². The Kier molecular flexibility index (Phi) is 5.55. The Morgan fingerprint density at radius 1 is 1.56 bits per heavy atom. The molecule has 2 unspecified atom stereocenters. The minimum Gasteiger partial charge on any atom is -0.384 e. The molecule has 0 amide bonds. The van der Waals surface area contributed by atoms with Crippen LogP contribution in [0.15, 0.2) is 23.3 Å². The Bertz CT molecular complexity index is 434. The maximum absolute atomic E-state index is 10.2. The van der Waals surface area contributed by atoms with Crippen LogP contribution in [0.1, 0.15) is 11.7 Å². The zero-order chi connectivity index (χ0) is 13.7. The number of aliphatic hydroxyl groups is 1. The number of rotatable bonds is 6. The summed E-state index contributed by atoms with van der Waals surface area (Å²) in [6.07, 6.45) is -1.08. The highest BCUT2D eigenvalue weighted by molar-refractivity contribution is 6.35. The number of hydrazone groups is 1. The van der Waals surface area contributed by atoms with Crippen LogP contribution in [0.3, 0.4) is 0 Å². The summed E-state index contributed by atoms with van der Waals surface area (Å²) in [7, 11) is 1.39. The third-order valence-electron chi connectivity index (χ3n) is 2.35. The normalized spacial score (nSPS) is 13.8. The molecule has 1 aromatic rings. The van der Waals surface area contributed by atoms with E-state index in [1.807, 2.05) is 0 Å². The zero-order valence-corrected chi connectivity index (χ0v) is 11.2. The van der Waals surface area contributed by atoms with E-state index in [1.54, 1.807) is 12.1 Å². The minimum atomic E-state index is -1.09. The van der Waals surface area contributed by atoms with Crippen LogP contribution >= 0.6 is 23.2 Å². The Labute approximate surface area is 115 Å². The van der Waals surface area contributed by atoms with Crippen molar-refractivity contribution >= 4 is 36.3 Å². The van der Waals surface area contributed by atoms with Gasteiger partial charge in [-0.2, -0.15) is 5.10 Å². The Hall–Kier alpha value is -1.14. The van der Waals surface area contributed by atoms with Crippen molar-refractivity contribution < 1.29 is 9.84 Å².